The Morgan fingerprint density at radius 2 is 2.08 bits per heavy atom. The number of benzene rings is 1. The quantitative estimate of drug-likeness (QED) is 0.639. The number of fused-ring (bicyclic) bond motifs is 1. The van der Waals surface area contributed by atoms with Gasteiger partial charge in [-0.15, -0.1) is 0 Å². The molecule has 1 aromatic carbocycles. The lowest BCUT2D eigenvalue weighted by Gasteiger charge is -2.32. The molecule has 130 valence electrons. The van der Waals surface area contributed by atoms with Crippen molar-refractivity contribution in [2.45, 2.75) is 19.4 Å². The van der Waals surface area contributed by atoms with Crippen LogP contribution in [0.15, 0.2) is 24.3 Å². The van der Waals surface area contributed by atoms with Crippen molar-refractivity contribution in [2.75, 3.05) is 17.7 Å². The molecule has 1 atom stereocenters. The summed E-state index contributed by atoms with van der Waals surface area (Å²) in [6, 6.07) is 6.82. The second-order valence-corrected chi connectivity index (χ2v) is 6.46. The molecule has 0 bridgehead atoms. The molecule has 0 spiro atoms. The van der Waals surface area contributed by atoms with Crippen molar-refractivity contribution in [3.8, 4) is 5.75 Å². The molecule has 25 heavy (non-hydrogen) atoms. The van der Waals surface area contributed by atoms with E-state index in [4.69, 9.17) is 4.74 Å². The van der Waals surface area contributed by atoms with Crippen LogP contribution in [0.25, 0.3) is 0 Å². The minimum Gasteiger partial charge on any atom is -0.466 e. The number of carbonyl (C=O) groups is 3. The Morgan fingerprint density at radius 1 is 1.36 bits per heavy atom. The van der Waals surface area contributed by atoms with Crippen LogP contribution in [-0.4, -0.2) is 35.5 Å². The maximum Gasteiger partial charge on any atom is 0.350 e. The van der Waals surface area contributed by atoms with Gasteiger partial charge in [-0.3, -0.25) is 14.9 Å². The summed E-state index contributed by atoms with van der Waals surface area (Å²) in [5.41, 5.74) is -0.841. The average molecular weight is 361 g/mol. The Balaban J connectivity index is 1.84. The first-order valence-corrected chi connectivity index (χ1v) is 8.13. The van der Waals surface area contributed by atoms with Crippen molar-refractivity contribution in [3.05, 3.63) is 34.8 Å². The number of nitrogens with zero attached hydrogens (tertiary/aromatic N) is 1. The van der Waals surface area contributed by atoms with Crippen LogP contribution in [0.1, 0.15) is 22.3 Å². The van der Waals surface area contributed by atoms with Crippen molar-refractivity contribution in [2.24, 2.45) is 0 Å². The number of methoxy groups -OCH3 is 1. The van der Waals surface area contributed by atoms with Gasteiger partial charge in [0.1, 0.15) is 10.6 Å². The molecule has 9 heteroatoms. The largest absolute Gasteiger partial charge is 0.466 e. The number of carbonyl (C=O) groups excluding carboxylic acids is 3. The highest BCUT2D eigenvalue weighted by Gasteiger charge is 2.47. The van der Waals surface area contributed by atoms with E-state index < -0.39 is 23.4 Å². The lowest BCUT2D eigenvalue weighted by Crippen LogP contribution is -2.56. The standard InChI is InChI=1S/C16H15N3O5S/c1-8-11(12(20)23-3)25-15(17-8)19-14(22)16(2)13(21)18-9-6-4-5-7-10(9)24-16/h4-7H,1-3H3,(H,18,21)(H,17,19,22). The number of para-hydroxylation sites is 2. The summed E-state index contributed by atoms with van der Waals surface area (Å²) in [6.45, 7) is 3.00. The number of anilines is 2. The second kappa shape index (κ2) is 6.17. The number of hydrogen-bond acceptors (Lipinski definition) is 7. The monoisotopic (exact) mass is 361 g/mol. The molecule has 1 aromatic heterocycles. The maximum atomic E-state index is 12.6. The minimum absolute atomic E-state index is 0.180. The molecule has 1 aliphatic rings. The molecule has 8 nitrogen and oxygen atoms in total. The van der Waals surface area contributed by atoms with Gasteiger partial charge in [0.15, 0.2) is 5.13 Å². The lowest BCUT2D eigenvalue weighted by atomic mass is 10.0. The van der Waals surface area contributed by atoms with E-state index >= 15 is 0 Å². The molecule has 1 unspecified atom stereocenters. The van der Waals surface area contributed by atoms with Gasteiger partial charge in [-0.2, -0.15) is 0 Å². The molecular formula is C16H15N3O5S. The van der Waals surface area contributed by atoms with Crippen LogP contribution >= 0.6 is 11.3 Å². The summed E-state index contributed by atoms with van der Waals surface area (Å²) >= 11 is 0.965. The number of aryl methyl sites for hydroxylation is 1. The third-order valence-corrected chi connectivity index (χ3v) is 4.76. The molecule has 2 amide bonds. The first-order valence-electron chi connectivity index (χ1n) is 7.32. The van der Waals surface area contributed by atoms with E-state index in [-0.39, 0.29) is 10.0 Å². The molecule has 0 radical (unpaired) electrons. The van der Waals surface area contributed by atoms with Crippen LogP contribution in [0.5, 0.6) is 5.75 Å². The normalized spacial score (nSPS) is 18.6. The van der Waals surface area contributed by atoms with Gasteiger partial charge in [-0.25, -0.2) is 9.78 Å². The van der Waals surface area contributed by atoms with Crippen molar-refractivity contribution >= 4 is 39.9 Å². The molecule has 3 rings (SSSR count). The average Bonchev–Trinajstić information content (AvgIpc) is 2.95. The topological polar surface area (TPSA) is 107 Å². The fourth-order valence-electron chi connectivity index (χ4n) is 2.26. The highest BCUT2D eigenvalue weighted by molar-refractivity contribution is 7.17. The van der Waals surface area contributed by atoms with E-state index in [9.17, 15) is 14.4 Å². The summed E-state index contributed by atoms with van der Waals surface area (Å²) in [7, 11) is 1.26. The molecule has 0 fully saturated rings. The SMILES string of the molecule is COC(=O)c1sc(NC(=O)C2(C)Oc3ccccc3NC2=O)nc1C. The van der Waals surface area contributed by atoms with E-state index in [1.54, 1.807) is 31.2 Å². The van der Waals surface area contributed by atoms with Crippen LogP contribution in [-0.2, 0) is 14.3 Å². The Labute approximate surface area is 147 Å². The van der Waals surface area contributed by atoms with Crippen molar-refractivity contribution in [3.63, 3.8) is 0 Å². The number of rotatable bonds is 3. The molecular weight excluding hydrogens is 346 g/mol. The fourth-order valence-corrected chi connectivity index (χ4v) is 3.14. The Kier molecular flexibility index (Phi) is 4.17. The van der Waals surface area contributed by atoms with E-state index in [1.807, 2.05) is 0 Å². The van der Waals surface area contributed by atoms with E-state index in [1.165, 1.54) is 14.0 Å². The smallest absolute Gasteiger partial charge is 0.350 e. The summed E-state index contributed by atoms with van der Waals surface area (Å²) in [6.07, 6.45) is 0. The van der Waals surface area contributed by atoms with Gasteiger partial charge >= 0.3 is 5.97 Å². The number of hydrogen-bond donors (Lipinski definition) is 2. The molecule has 0 saturated heterocycles. The van der Waals surface area contributed by atoms with Gasteiger partial charge in [0.2, 0.25) is 0 Å². The molecule has 2 N–H and O–H groups in total. The Hall–Kier alpha value is -2.94. The van der Waals surface area contributed by atoms with Crippen LogP contribution in [0, 0.1) is 6.92 Å². The number of amides is 2. The van der Waals surface area contributed by atoms with Crippen LogP contribution in [0.3, 0.4) is 0 Å². The number of esters is 1. The maximum absolute atomic E-state index is 12.6. The van der Waals surface area contributed by atoms with Gasteiger partial charge < -0.3 is 14.8 Å². The molecule has 2 heterocycles. The van der Waals surface area contributed by atoms with Crippen LogP contribution in [0.2, 0.25) is 0 Å². The molecule has 2 aromatic rings. The number of thiazole rings is 1. The predicted molar refractivity (Wildman–Crippen MR) is 90.9 cm³/mol. The van der Waals surface area contributed by atoms with Gasteiger partial charge in [0, 0.05) is 0 Å². The Bertz CT molecular complexity index is 878. The number of ether oxygens (including phenoxy) is 2. The van der Waals surface area contributed by atoms with Crippen molar-refractivity contribution in [1.82, 2.24) is 4.98 Å². The first kappa shape index (κ1) is 16.9. The van der Waals surface area contributed by atoms with Gasteiger partial charge in [0.05, 0.1) is 18.5 Å². The zero-order valence-corrected chi connectivity index (χ0v) is 14.5. The first-order chi connectivity index (χ1) is 11.8. The second-order valence-electron chi connectivity index (χ2n) is 5.46. The highest BCUT2D eigenvalue weighted by Crippen LogP contribution is 2.34. The van der Waals surface area contributed by atoms with Crippen molar-refractivity contribution in [1.29, 1.82) is 0 Å². The lowest BCUT2D eigenvalue weighted by molar-refractivity contribution is -0.143. The predicted octanol–water partition coefficient (Wildman–Crippen LogP) is 1.97. The Morgan fingerprint density at radius 3 is 2.80 bits per heavy atom. The van der Waals surface area contributed by atoms with Gasteiger partial charge in [-0.1, -0.05) is 23.5 Å². The zero-order valence-electron chi connectivity index (χ0n) is 13.7. The number of aromatic nitrogens is 1. The van der Waals surface area contributed by atoms with Gasteiger partial charge in [-0.05, 0) is 26.0 Å². The van der Waals surface area contributed by atoms with Crippen molar-refractivity contribution < 1.29 is 23.9 Å². The van der Waals surface area contributed by atoms with E-state index in [0.29, 0.717) is 17.1 Å². The summed E-state index contributed by atoms with van der Waals surface area (Å²) in [4.78, 5) is 41.0. The van der Waals surface area contributed by atoms with E-state index in [0.717, 1.165) is 11.3 Å². The minimum atomic E-state index is -1.76. The van der Waals surface area contributed by atoms with Crippen LogP contribution < -0.4 is 15.4 Å². The molecule has 0 aliphatic carbocycles. The fraction of sp³-hybridized carbons (Fsp3) is 0.250. The summed E-state index contributed by atoms with van der Waals surface area (Å²) < 4.78 is 10.3. The molecule has 0 saturated carbocycles. The van der Waals surface area contributed by atoms with E-state index in [2.05, 4.69) is 20.4 Å². The molecule has 1 aliphatic heterocycles. The van der Waals surface area contributed by atoms with Gasteiger partial charge in [0.25, 0.3) is 17.4 Å². The van der Waals surface area contributed by atoms with Crippen LogP contribution in [0.4, 0.5) is 10.8 Å². The summed E-state index contributed by atoms with van der Waals surface area (Å²) in [5, 5.41) is 5.35. The third kappa shape index (κ3) is 2.93. The number of nitrogens with one attached hydrogen (secondary N) is 2. The zero-order chi connectivity index (χ0) is 18.2. The highest BCUT2D eigenvalue weighted by atomic mass is 32.1. The summed E-state index contributed by atoms with van der Waals surface area (Å²) in [5.74, 6) is -1.43. The third-order valence-electron chi connectivity index (χ3n) is 3.70.